The van der Waals surface area contributed by atoms with Gasteiger partial charge in [-0.3, -0.25) is 19.3 Å². The molecule has 32 heavy (non-hydrogen) atoms. The van der Waals surface area contributed by atoms with E-state index in [2.05, 4.69) is 20.8 Å². The fraction of sp³-hybridized carbons (Fsp3) is 0.222. The zero-order chi connectivity index (χ0) is 22.9. The van der Waals surface area contributed by atoms with Crippen molar-refractivity contribution in [1.29, 1.82) is 0 Å². The van der Waals surface area contributed by atoms with E-state index >= 15 is 0 Å². The summed E-state index contributed by atoms with van der Waals surface area (Å²) in [4.78, 5) is 41.7. The molecule has 3 amide bonds. The number of hydrogen-bond donors (Lipinski definition) is 0. The second kappa shape index (κ2) is 8.42. The Balaban J connectivity index is 1.61. The fourth-order valence-electron chi connectivity index (χ4n) is 3.87. The summed E-state index contributed by atoms with van der Waals surface area (Å²) in [6.07, 6.45) is 0. The highest BCUT2D eigenvalue weighted by molar-refractivity contribution is 6.21. The molecule has 162 valence electrons. The number of amides is 3. The molecule has 0 bridgehead atoms. The lowest BCUT2D eigenvalue weighted by Crippen LogP contribution is -2.41. The normalized spacial score (nSPS) is 13.3. The highest BCUT2D eigenvalue weighted by atomic mass is 16.2. The van der Waals surface area contributed by atoms with Crippen LogP contribution < -0.4 is 4.90 Å². The number of nitrogens with zero attached hydrogens (tertiary/aromatic N) is 2. The third kappa shape index (κ3) is 4.06. The minimum atomic E-state index is -0.319. The maximum absolute atomic E-state index is 13.4. The summed E-state index contributed by atoms with van der Waals surface area (Å²) < 4.78 is 0. The van der Waals surface area contributed by atoms with Crippen molar-refractivity contribution in [3.05, 3.63) is 101 Å². The molecule has 0 saturated heterocycles. The van der Waals surface area contributed by atoms with Crippen LogP contribution in [0.4, 0.5) is 5.69 Å². The van der Waals surface area contributed by atoms with Gasteiger partial charge in [0.1, 0.15) is 0 Å². The predicted octanol–water partition coefficient (Wildman–Crippen LogP) is 4.93. The van der Waals surface area contributed by atoms with Crippen LogP contribution in [0, 0.1) is 0 Å². The van der Waals surface area contributed by atoms with E-state index in [0.29, 0.717) is 16.7 Å². The van der Waals surface area contributed by atoms with Gasteiger partial charge in [-0.15, -0.1) is 0 Å². The second-order valence-electron chi connectivity index (χ2n) is 8.93. The molecule has 0 saturated carbocycles. The van der Waals surface area contributed by atoms with Gasteiger partial charge >= 0.3 is 0 Å². The van der Waals surface area contributed by atoms with Crippen LogP contribution in [0.3, 0.4) is 0 Å². The molecule has 0 aliphatic carbocycles. The number of benzene rings is 3. The van der Waals surface area contributed by atoms with Gasteiger partial charge in [-0.25, -0.2) is 0 Å². The lowest BCUT2D eigenvalue weighted by Gasteiger charge is -2.26. The number of hydrogen-bond acceptors (Lipinski definition) is 3. The minimum Gasteiger partial charge on any atom is -0.307 e. The maximum Gasteiger partial charge on any atom is 0.261 e. The first-order chi connectivity index (χ1) is 15.3. The molecule has 0 unspecified atom stereocenters. The lowest BCUT2D eigenvalue weighted by atomic mass is 9.87. The third-order valence-electron chi connectivity index (χ3n) is 5.74. The van der Waals surface area contributed by atoms with Gasteiger partial charge in [0.25, 0.3) is 17.7 Å². The largest absolute Gasteiger partial charge is 0.307 e. The summed E-state index contributed by atoms with van der Waals surface area (Å²) in [5.41, 5.74) is 3.25. The Morgan fingerprint density at radius 2 is 1.31 bits per heavy atom. The van der Waals surface area contributed by atoms with Gasteiger partial charge in [0.05, 0.1) is 11.1 Å². The minimum absolute atomic E-state index is 0.00698. The van der Waals surface area contributed by atoms with Gasteiger partial charge in [-0.2, -0.15) is 0 Å². The van der Waals surface area contributed by atoms with Crippen molar-refractivity contribution in [2.75, 3.05) is 18.0 Å². The van der Waals surface area contributed by atoms with Gasteiger partial charge in [0.15, 0.2) is 0 Å². The van der Waals surface area contributed by atoms with E-state index in [4.69, 9.17) is 0 Å². The molecule has 0 N–H and O–H groups in total. The molecule has 0 fully saturated rings. The standard InChI is InChI=1S/C27H26N2O3/c1-27(2,3)20-13-15-21(16-14-20)28(24(30)19-9-5-4-6-10-19)17-18-29-25(31)22-11-7-8-12-23(22)26(29)32/h4-16H,17-18H2,1-3H3. The van der Waals surface area contributed by atoms with Crippen molar-refractivity contribution < 1.29 is 14.4 Å². The van der Waals surface area contributed by atoms with Crippen molar-refractivity contribution in [2.45, 2.75) is 26.2 Å². The molecule has 0 aromatic heterocycles. The van der Waals surface area contributed by atoms with Crippen LogP contribution in [-0.4, -0.2) is 35.7 Å². The molecule has 1 heterocycles. The van der Waals surface area contributed by atoms with Gasteiger partial charge in [0.2, 0.25) is 0 Å². The Hall–Kier alpha value is -3.73. The van der Waals surface area contributed by atoms with Crippen LogP contribution in [-0.2, 0) is 5.41 Å². The Morgan fingerprint density at radius 1 is 0.781 bits per heavy atom. The van der Waals surface area contributed by atoms with Gasteiger partial charge < -0.3 is 4.90 Å². The van der Waals surface area contributed by atoms with Crippen LogP contribution in [0.25, 0.3) is 0 Å². The first-order valence-electron chi connectivity index (χ1n) is 10.7. The number of carbonyl (C=O) groups is 3. The molecular formula is C27H26N2O3. The van der Waals surface area contributed by atoms with Crippen molar-refractivity contribution in [3.63, 3.8) is 0 Å². The monoisotopic (exact) mass is 426 g/mol. The molecule has 0 spiro atoms. The number of fused-ring (bicyclic) bond motifs is 1. The Bertz CT molecular complexity index is 1130. The third-order valence-corrected chi connectivity index (χ3v) is 5.74. The van der Waals surface area contributed by atoms with Crippen LogP contribution >= 0.6 is 0 Å². The van der Waals surface area contributed by atoms with E-state index in [0.717, 1.165) is 11.3 Å². The molecule has 1 aliphatic rings. The predicted molar refractivity (Wildman–Crippen MR) is 125 cm³/mol. The molecule has 0 radical (unpaired) electrons. The number of rotatable bonds is 5. The smallest absolute Gasteiger partial charge is 0.261 e. The zero-order valence-electron chi connectivity index (χ0n) is 18.5. The Kier molecular flexibility index (Phi) is 5.66. The number of imide groups is 1. The first-order valence-corrected chi connectivity index (χ1v) is 10.7. The second-order valence-corrected chi connectivity index (χ2v) is 8.93. The highest BCUT2D eigenvalue weighted by Gasteiger charge is 2.35. The van der Waals surface area contributed by atoms with Gasteiger partial charge in [-0.1, -0.05) is 63.2 Å². The molecule has 0 atom stereocenters. The van der Waals surface area contributed by atoms with Crippen LogP contribution in [0.5, 0.6) is 0 Å². The average Bonchev–Trinajstić information content (AvgIpc) is 3.04. The zero-order valence-corrected chi connectivity index (χ0v) is 18.5. The number of carbonyl (C=O) groups excluding carboxylic acids is 3. The molecule has 3 aromatic carbocycles. The summed E-state index contributed by atoms with van der Waals surface area (Å²) in [7, 11) is 0. The summed E-state index contributed by atoms with van der Waals surface area (Å²) in [5.74, 6) is -0.813. The SMILES string of the molecule is CC(C)(C)c1ccc(N(CCN2C(=O)c3ccccc3C2=O)C(=O)c2ccccc2)cc1. The molecule has 1 aliphatic heterocycles. The van der Waals surface area contributed by atoms with Crippen LogP contribution in [0.2, 0.25) is 0 Å². The van der Waals surface area contributed by atoms with Crippen LogP contribution in [0.15, 0.2) is 78.9 Å². The first kappa shape index (κ1) is 21.5. The lowest BCUT2D eigenvalue weighted by molar-refractivity contribution is 0.0654. The summed E-state index contributed by atoms with van der Waals surface area (Å²) >= 11 is 0. The molecule has 5 heteroatoms. The van der Waals surface area contributed by atoms with E-state index in [-0.39, 0.29) is 36.2 Å². The average molecular weight is 427 g/mol. The highest BCUT2D eigenvalue weighted by Crippen LogP contribution is 2.27. The topological polar surface area (TPSA) is 57.7 Å². The van der Waals surface area contributed by atoms with Crippen LogP contribution in [0.1, 0.15) is 57.4 Å². The van der Waals surface area contributed by atoms with Crippen molar-refractivity contribution >= 4 is 23.4 Å². The van der Waals surface area contributed by atoms with Gasteiger partial charge in [0, 0.05) is 24.3 Å². The van der Waals surface area contributed by atoms with E-state index in [1.54, 1.807) is 41.3 Å². The van der Waals surface area contributed by atoms with Crippen molar-refractivity contribution in [3.8, 4) is 0 Å². The molecule has 3 aromatic rings. The van der Waals surface area contributed by atoms with Gasteiger partial charge in [-0.05, 0) is 47.4 Å². The van der Waals surface area contributed by atoms with Crippen molar-refractivity contribution in [2.24, 2.45) is 0 Å². The maximum atomic E-state index is 13.4. The molecule has 4 rings (SSSR count). The Labute approximate surface area is 188 Å². The molecular weight excluding hydrogens is 400 g/mol. The molecule has 5 nitrogen and oxygen atoms in total. The quantitative estimate of drug-likeness (QED) is 0.544. The fourth-order valence-corrected chi connectivity index (χ4v) is 3.87. The number of anilines is 1. The van der Waals surface area contributed by atoms with E-state index < -0.39 is 0 Å². The van der Waals surface area contributed by atoms with Crippen molar-refractivity contribution in [1.82, 2.24) is 4.90 Å². The Morgan fingerprint density at radius 3 is 1.84 bits per heavy atom. The summed E-state index contributed by atoms with van der Waals surface area (Å²) in [6.45, 7) is 6.73. The summed E-state index contributed by atoms with van der Waals surface area (Å²) in [5, 5.41) is 0. The van der Waals surface area contributed by atoms with E-state index in [1.165, 1.54) is 4.90 Å². The van der Waals surface area contributed by atoms with E-state index in [9.17, 15) is 14.4 Å². The summed E-state index contributed by atoms with van der Waals surface area (Å²) in [6, 6.07) is 23.7. The van der Waals surface area contributed by atoms with E-state index in [1.807, 2.05) is 42.5 Å².